The molecule has 172 valence electrons. The molecule has 0 fully saturated rings. The molecular formula is C26H38O5. The molecule has 5 heteroatoms. The van der Waals surface area contributed by atoms with Crippen LogP contribution in [0.5, 0.6) is 0 Å². The molecule has 3 aliphatic rings. The van der Waals surface area contributed by atoms with Gasteiger partial charge in [0.1, 0.15) is 0 Å². The predicted molar refractivity (Wildman–Crippen MR) is 121 cm³/mol. The summed E-state index contributed by atoms with van der Waals surface area (Å²) in [5.74, 6) is -0.530. The van der Waals surface area contributed by atoms with E-state index >= 15 is 0 Å². The highest BCUT2D eigenvalue weighted by Crippen LogP contribution is 2.42. The van der Waals surface area contributed by atoms with Crippen LogP contribution in [0.2, 0.25) is 0 Å². The first-order chi connectivity index (χ1) is 14.7. The van der Waals surface area contributed by atoms with Crippen LogP contribution in [0.25, 0.3) is 0 Å². The number of hydrogen-bond donors (Lipinski definition) is 1. The van der Waals surface area contributed by atoms with Gasteiger partial charge in [-0.3, -0.25) is 0 Å². The molecule has 0 spiro atoms. The Bertz CT molecular complexity index is 799. The van der Waals surface area contributed by atoms with Crippen LogP contribution >= 0.6 is 0 Å². The maximum atomic E-state index is 11.4. The molecule has 0 radical (unpaired) electrons. The van der Waals surface area contributed by atoms with Crippen LogP contribution in [0.3, 0.4) is 0 Å². The fourth-order valence-electron chi connectivity index (χ4n) is 5.10. The molecule has 31 heavy (non-hydrogen) atoms. The Morgan fingerprint density at radius 2 is 2.13 bits per heavy atom. The van der Waals surface area contributed by atoms with Crippen molar-refractivity contribution in [1.29, 1.82) is 0 Å². The molecule has 3 atom stereocenters. The molecule has 2 heterocycles. The predicted octanol–water partition coefficient (Wildman–Crippen LogP) is 5.51. The van der Waals surface area contributed by atoms with Gasteiger partial charge in [-0.25, -0.2) is 4.79 Å². The van der Waals surface area contributed by atoms with E-state index in [9.17, 15) is 9.90 Å². The second-order valence-corrected chi connectivity index (χ2v) is 9.73. The summed E-state index contributed by atoms with van der Waals surface area (Å²) in [6, 6.07) is 0. The normalized spacial score (nSPS) is 29.0. The summed E-state index contributed by atoms with van der Waals surface area (Å²) in [4.78, 5) is 11.4. The highest BCUT2D eigenvalue weighted by Gasteiger charge is 2.35. The van der Waals surface area contributed by atoms with Crippen molar-refractivity contribution < 1.29 is 24.1 Å². The number of hydrogen-bond acceptors (Lipinski definition) is 5. The average molecular weight is 431 g/mol. The van der Waals surface area contributed by atoms with Crippen molar-refractivity contribution in [2.45, 2.75) is 97.7 Å². The van der Waals surface area contributed by atoms with Gasteiger partial charge in [0.2, 0.25) is 6.29 Å². The SMILES string of the molecule is COC1OC(C2=CC(=O)OC2O)CC=C1CC/C=C(\C)CCC1=C(C)CCCC1(C)C. The number of ether oxygens (including phenoxy) is 3. The third-order valence-electron chi connectivity index (χ3n) is 6.95. The summed E-state index contributed by atoms with van der Waals surface area (Å²) < 4.78 is 16.3. The van der Waals surface area contributed by atoms with Gasteiger partial charge in [0.15, 0.2) is 6.29 Å². The molecule has 0 amide bonds. The lowest BCUT2D eigenvalue weighted by atomic mass is 9.71. The van der Waals surface area contributed by atoms with Crippen LogP contribution in [-0.2, 0) is 19.0 Å². The van der Waals surface area contributed by atoms with Gasteiger partial charge in [0, 0.05) is 18.8 Å². The van der Waals surface area contributed by atoms with Crippen molar-refractivity contribution in [3.63, 3.8) is 0 Å². The number of carbonyl (C=O) groups excluding carboxylic acids is 1. The number of methoxy groups -OCH3 is 1. The third kappa shape index (κ3) is 5.97. The fraction of sp³-hybridized carbons (Fsp3) is 0.654. The number of carbonyl (C=O) groups is 1. The zero-order valence-corrected chi connectivity index (χ0v) is 19.7. The number of esters is 1. The third-order valence-corrected chi connectivity index (χ3v) is 6.95. The average Bonchev–Trinajstić information content (AvgIpc) is 3.05. The second kappa shape index (κ2) is 10.3. The van der Waals surface area contributed by atoms with E-state index in [2.05, 4.69) is 39.8 Å². The van der Waals surface area contributed by atoms with Gasteiger partial charge in [-0.1, -0.05) is 42.7 Å². The van der Waals surface area contributed by atoms with E-state index in [0.717, 1.165) is 31.3 Å². The van der Waals surface area contributed by atoms with E-state index < -0.39 is 24.7 Å². The summed E-state index contributed by atoms with van der Waals surface area (Å²) in [5, 5.41) is 9.87. The van der Waals surface area contributed by atoms with Crippen LogP contribution < -0.4 is 0 Å². The Morgan fingerprint density at radius 1 is 1.35 bits per heavy atom. The minimum atomic E-state index is -1.22. The maximum Gasteiger partial charge on any atom is 0.333 e. The molecule has 5 nitrogen and oxygen atoms in total. The van der Waals surface area contributed by atoms with Gasteiger partial charge in [0.25, 0.3) is 0 Å². The number of cyclic esters (lactones) is 1. The first-order valence-electron chi connectivity index (χ1n) is 11.5. The first-order valence-corrected chi connectivity index (χ1v) is 11.5. The van der Waals surface area contributed by atoms with Gasteiger partial charge in [-0.15, -0.1) is 0 Å². The van der Waals surface area contributed by atoms with Crippen molar-refractivity contribution in [2.75, 3.05) is 7.11 Å². The Balaban J connectivity index is 1.52. The van der Waals surface area contributed by atoms with Crippen molar-refractivity contribution >= 4 is 5.97 Å². The molecule has 0 saturated carbocycles. The van der Waals surface area contributed by atoms with E-state index in [1.54, 1.807) is 18.3 Å². The van der Waals surface area contributed by atoms with Crippen molar-refractivity contribution in [3.8, 4) is 0 Å². The minimum absolute atomic E-state index is 0.340. The summed E-state index contributed by atoms with van der Waals surface area (Å²) in [7, 11) is 1.62. The molecule has 3 unspecified atom stereocenters. The monoisotopic (exact) mass is 430 g/mol. The molecule has 0 saturated heterocycles. The van der Waals surface area contributed by atoms with E-state index in [1.807, 2.05) is 0 Å². The molecule has 2 aliphatic heterocycles. The van der Waals surface area contributed by atoms with Gasteiger partial charge in [-0.05, 0) is 76.2 Å². The Labute approximate surface area is 186 Å². The molecule has 0 aromatic carbocycles. The zero-order valence-electron chi connectivity index (χ0n) is 19.7. The highest BCUT2D eigenvalue weighted by atomic mass is 16.7. The van der Waals surface area contributed by atoms with Crippen LogP contribution in [0.4, 0.5) is 0 Å². The summed E-state index contributed by atoms with van der Waals surface area (Å²) >= 11 is 0. The molecule has 3 rings (SSSR count). The topological polar surface area (TPSA) is 65.0 Å². The van der Waals surface area contributed by atoms with Crippen LogP contribution in [0, 0.1) is 5.41 Å². The molecular weight excluding hydrogens is 392 g/mol. The van der Waals surface area contributed by atoms with Crippen LogP contribution in [0.1, 0.15) is 79.1 Å². The summed E-state index contributed by atoms with van der Waals surface area (Å²) in [6.07, 6.45) is 12.2. The number of aliphatic hydroxyl groups is 1. The quantitative estimate of drug-likeness (QED) is 0.406. The zero-order chi connectivity index (χ0) is 22.6. The summed E-state index contributed by atoms with van der Waals surface area (Å²) in [6.45, 7) is 9.32. The molecule has 0 aromatic rings. The molecule has 1 N–H and O–H groups in total. The Morgan fingerprint density at radius 3 is 2.77 bits per heavy atom. The molecule has 1 aliphatic carbocycles. The smallest absolute Gasteiger partial charge is 0.333 e. The van der Waals surface area contributed by atoms with E-state index in [0.29, 0.717) is 17.4 Å². The fourth-order valence-corrected chi connectivity index (χ4v) is 5.10. The second-order valence-electron chi connectivity index (χ2n) is 9.73. The van der Waals surface area contributed by atoms with E-state index in [4.69, 9.17) is 14.2 Å². The van der Waals surface area contributed by atoms with E-state index in [1.165, 1.54) is 30.9 Å². The Hall–Kier alpha value is -1.69. The Kier molecular flexibility index (Phi) is 7.95. The number of rotatable bonds is 8. The van der Waals surface area contributed by atoms with Gasteiger partial charge < -0.3 is 19.3 Å². The van der Waals surface area contributed by atoms with Crippen molar-refractivity contribution in [1.82, 2.24) is 0 Å². The maximum absolute atomic E-state index is 11.4. The van der Waals surface area contributed by atoms with Gasteiger partial charge in [-0.2, -0.15) is 0 Å². The van der Waals surface area contributed by atoms with Crippen LogP contribution in [0.15, 0.2) is 46.1 Å². The highest BCUT2D eigenvalue weighted by molar-refractivity contribution is 5.85. The van der Waals surface area contributed by atoms with Crippen molar-refractivity contribution in [2.24, 2.45) is 5.41 Å². The standard InChI is InChI=1S/C26H38O5/c1-17(11-13-21-18(2)9-7-15-26(21,3)4)8-6-10-19-12-14-22(30-25(19)29-5)20-16-23(27)31-24(20)28/h8,12,16,22,24-25,28H,6-7,9-11,13-15H2,1-5H3/b17-8+. The first kappa shape index (κ1) is 24.0. The molecule has 0 bridgehead atoms. The van der Waals surface area contributed by atoms with Gasteiger partial charge in [0.05, 0.1) is 6.10 Å². The lowest BCUT2D eigenvalue weighted by molar-refractivity contribution is -0.157. The van der Waals surface area contributed by atoms with Crippen LogP contribution in [-0.4, -0.2) is 36.9 Å². The number of aliphatic hydroxyl groups excluding tert-OH is 1. The van der Waals surface area contributed by atoms with Crippen molar-refractivity contribution in [3.05, 3.63) is 46.1 Å². The molecule has 0 aromatic heterocycles. The van der Waals surface area contributed by atoms with E-state index in [-0.39, 0.29) is 0 Å². The summed E-state index contributed by atoms with van der Waals surface area (Å²) in [5.41, 5.74) is 6.60. The lowest BCUT2D eigenvalue weighted by Crippen LogP contribution is -2.33. The minimum Gasteiger partial charge on any atom is -0.429 e. The number of allylic oxidation sites excluding steroid dienone is 4. The lowest BCUT2D eigenvalue weighted by Gasteiger charge is -2.35. The van der Waals surface area contributed by atoms with Gasteiger partial charge >= 0.3 is 5.97 Å². The largest absolute Gasteiger partial charge is 0.429 e.